The molecule has 0 heterocycles. The molecule has 3 aromatic rings. The monoisotopic (exact) mass is 342 g/mol. The van der Waals surface area contributed by atoms with Gasteiger partial charge in [0.05, 0.1) is 0 Å². The molecule has 3 heteroatoms. The van der Waals surface area contributed by atoms with Crippen molar-refractivity contribution in [3.63, 3.8) is 0 Å². The summed E-state index contributed by atoms with van der Waals surface area (Å²) in [6.07, 6.45) is 0.245. The summed E-state index contributed by atoms with van der Waals surface area (Å²) in [6.45, 7) is 0. The molecule has 21 heavy (non-hydrogen) atoms. The Labute approximate surface area is 130 Å². The first kappa shape index (κ1) is 14.0. The number of ketones is 1. The predicted molar refractivity (Wildman–Crippen MR) is 86.1 cm³/mol. The van der Waals surface area contributed by atoms with Gasteiger partial charge in [-0.1, -0.05) is 64.5 Å². The Bertz CT molecular complexity index is 821. The van der Waals surface area contributed by atoms with Crippen molar-refractivity contribution in [3.8, 4) is 0 Å². The van der Waals surface area contributed by atoms with E-state index in [1.165, 1.54) is 12.1 Å². The highest BCUT2D eigenvalue weighted by Crippen LogP contribution is 2.23. The lowest BCUT2D eigenvalue weighted by molar-refractivity contribution is 0.0994. The molecule has 1 nitrogen and oxygen atoms in total. The Hall–Kier alpha value is -2.00. The molecule has 0 fully saturated rings. The van der Waals surface area contributed by atoms with Crippen molar-refractivity contribution in [1.82, 2.24) is 0 Å². The predicted octanol–water partition coefficient (Wildman–Crippen LogP) is 5.17. The highest BCUT2D eigenvalue weighted by atomic mass is 79.9. The molecule has 0 saturated carbocycles. The minimum Gasteiger partial charge on any atom is -0.294 e. The zero-order valence-corrected chi connectivity index (χ0v) is 12.7. The third-order valence-corrected chi connectivity index (χ3v) is 4.19. The molecule has 104 valence electrons. The summed E-state index contributed by atoms with van der Waals surface area (Å²) in [7, 11) is 0. The van der Waals surface area contributed by atoms with Crippen LogP contribution >= 0.6 is 15.9 Å². The summed E-state index contributed by atoms with van der Waals surface area (Å²) in [5.74, 6) is -0.289. The Kier molecular flexibility index (Phi) is 3.84. The normalized spacial score (nSPS) is 10.8. The Morgan fingerprint density at radius 1 is 1.00 bits per heavy atom. The first-order chi connectivity index (χ1) is 10.1. The fraction of sp³-hybridized carbons (Fsp3) is 0.0556. The molecule has 0 spiro atoms. The molecule has 0 radical (unpaired) electrons. The van der Waals surface area contributed by atoms with Crippen LogP contribution in [-0.2, 0) is 6.42 Å². The molecular weight excluding hydrogens is 331 g/mol. The Morgan fingerprint density at radius 2 is 1.76 bits per heavy atom. The SMILES string of the molecule is O=C(Cc1ccc(F)cc1Br)c1cccc2ccccc12. The standard InChI is InChI=1S/C18H12BrFO/c19-17-11-14(20)9-8-13(17)10-18(21)16-7-3-5-12-4-1-2-6-15(12)16/h1-9,11H,10H2. The van der Waals surface area contributed by atoms with Gasteiger partial charge in [-0.05, 0) is 28.5 Å². The van der Waals surface area contributed by atoms with Crippen LogP contribution in [-0.4, -0.2) is 5.78 Å². The topological polar surface area (TPSA) is 17.1 Å². The maximum absolute atomic E-state index is 13.1. The maximum Gasteiger partial charge on any atom is 0.167 e. The Balaban J connectivity index is 1.97. The third-order valence-electron chi connectivity index (χ3n) is 3.46. The van der Waals surface area contributed by atoms with Gasteiger partial charge < -0.3 is 0 Å². The molecule has 0 amide bonds. The van der Waals surface area contributed by atoms with Crippen molar-refractivity contribution in [2.75, 3.05) is 0 Å². The molecule has 0 aromatic heterocycles. The maximum atomic E-state index is 13.1. The lowest BCUT2D eigenvalue weighted by atomic mass is 9.97. The zero-order valence-electron chi connectivity index (χ0n) is 11.1. The first-order valence-electron chi connectivity index (χ1n) is 6.60. The van der Waals surface area contributed by atoms with Crippen molar-refractivity contribution < 1.29 is 9.18 Å². The number of carbonyl (C=O) groups excluding carboxylic acids is 1. The first-order valence-corrected chi connectivity index (χ1v) is 7.39. The van der Waals surface area contributed by atoms with Gasteiger partial charge in [0.15, 0.2) is 5.78 Å². The van der Waals surface area contributed by atoms with Gasteiger partial charge in [0.25, 0.3) is 0 Å². The number of carbonyl (C=O) groups is 1. The smallest absolute Gasteiger partial charge is 0.167 e. The second-order valence-corrected chi connectivity index (χ2v) is 5.72. The molecule has 0 saturated heterocycles. The molecule has 0 unspecified atom stereocenters. The number of hydrogen-bond acceptors (Lipinski definition) is 1. The van der Waals surface area contributed by atoms with Crippen molar-refractivity contribution >= 4 is 32.5 Å². The van der Waals surface area contributed by atoms with E-state index < -0.39 is 0 Å². The molecular formula is C18H12BrFO. The van der Waals surface area contributed by atoms with E-state index in [1.54, 1.807) is 6.07 Å². The number of halogens is 2. The second-order valence-electron chi connectivity index (χ2n) is 4.86. The highest BCUT2D eigenvalue weighted by molar-refractivity contribution is 9.10. The summed E-state index contributed by atoms with van der Waals surface area (Å²) in [6, 6.07) is 17.9. The third kappa shape index (κ3) is 2.88. The lowest BCUT2D eigenvalue weighted by Crippen LogP contribution is -2.05. The van der Waals surface area contributed by atoms with E-state index in [-0.39, 0.29) is 18.0 Å². The van der Waals surface area contributed by atoms with Crippen molar-refractivity contribution in [1.29, 1.82) is 0 Å². The minimum atomic E-state index is -0.316. The van der Waals surface area contributed by atoms with Crippen LogP contribution in [0.2, 0.25) is 0 Å². The number of hydrogen-bond donors (Lipinski definition) is 0. The van der Waals surface area contributed by atoms with Gasteiger partial charge in [-0.2, -0.15) is 0 Å². The second kappa shape index (κ2) is 5.78. The van der Waals surface area contributed by atoms with Crippen LogP contribution in [0.3, 0.4) is 0 Å². The largest absolute Gasteiger partial charge is 0.294 e. The van der Waals surface area contributed by atoms with Gasteiger partial charge in [-0.25, -0.2) is 4.39 Å². The summed E-state index contributed by atoms with van der Waals surface area (Å²) in [5.41, 5.74) is 1.48. The van der Waals surface area contributed by atoms with Gasteiger partial charge in [0, 0.05) is 16.5 Å². The fourth-order valence-electron chi connectivity index (χ4n) is 2.40. The van der Waals surface area contributed by atoms with E-state index in [0.29, 0.717) is 10.0 Å². The average molecular weight is 343 g/mol. The van der Waals surface area contributed by atoms with Crippen molar-refractivity contribution in [2.24, 2.45) is 0 Å². The highest BCUT2D eigenvalue weighted by Gasteiger charge is 2.12. The van der Waals surface area contributed by atoms with Crippen LogP contribution in [0.15, 0.2) is 65.1 Å². The minimum absolute atomic E-state index is 0.0270. The molecule has 3 aromatic carbocycles. The Morgan fingerprint density at radius 3 is 2.57 bits per heavy atom. The molecule has 0 bridgehead atoms. The van der Waals surface area contributed by atoms with Gasteiger partial charge in [-0.15, -0.1) is 0 Å². The average Bonchev–Trinajstić information content (AvgIpc) is 2.49. The molecule has 0 aliphatic heterocycles. The molecule has 0 N–H and O–H groups in total. The van der Waals surface area contributed by atoms with E-state index >= 15 is 0 Å². The summed E-state index contributed by atoms with van der Waals surface area (Å²) in [4.78, 5) is 12.6. The fourth-order valence-corrected chi connectivity index (χ4v) is 2.89. The molecule has 0 aliphatic carbocycles. The lowest BCUT2D eigenvalue weighted by Gasteiger charge is -2.07. The van der Waals surface area contributed by atoms with Crippen LogP contribution in [0, 0.1) is 5.82 Å². The van der Waals surface area contributed by atoms with Gasteiger partial charge in [-0.3, -0.25) is 4.79 Å². The van der Waals surface area contributed by atoms with E-state index in [1.807, 2.05) is 42.5 Å². The van der Waals surface area contributed by atoms with Crippen LogP contribution in [0.5, 0.6) is 0 Å². The quantitative estimate of drug-likeness (QED) is 0.600. The van der Waals surface area contributed by atoms with E-state index in [4.69, 9.17) is 0 Å². The molecule has 3 rings (SSSR count). The number of benzene rings is 3. The van der Waals surface area contributed by atoms with E-state index in [2.05, 4.69) is 15.9 Å². The van der Waals surface area contributed by atoms with Crippen LogP contribution in [0.1, 0.15) is 15.9 Å². The van der Waals surface area contributed by atoms with Gasteiger partial charge >= 0.3 is 0 Å². The number of rotatable bonds is 3. The number of fused-ring (bicyclic) bond motifs is 1. The van der Waals surface area contributed by atoms with Crippen LogP contribution in [0.25, 0.3) is 10.8 Å². The summed E-state index contributed by atoms with van der Waals surface area (Å²) < 4.78 is 13.7. The van der Waals surface area contributed by atoms with Gasteiger partial charge in [0.1, 0.15) is 5.82 Å². The van der Waals surface area contributed by atoms with Crippen molar-refractivity contribution in [2.45, 2.75) is 6.42 Å². The van der Waals surface area contributed by atoms with Crippen molar-refractivity contribution in [3.05, 3.63) is 82.1 Å². The van der Waals surface area contributed by atoms with Crippen LogP contribution < -0.4 is 0 Å². The van der Waals surface area contributed by atoms with Gasteiger partial charge in [0.2, 0.25) is 0 Å². The summed E-state index contributed by atoms with van der Waals surface area (Å²) in [5, 5.41) is 1.99. The summed E-state index contributed by atoms with van der Waals surface area (Å²) >= 11 is 3.31. The van der Waals surface area contributed by atoms with E-state index in [9.17, 15) is 9.18 Å². The van der Waals surface area contributed by atoms with E-state index in [0.717, 1.165) is 16.3 Å². The van der Waals surface area contributed by atoms with Crippen LogP contribution in [0.4, 0.5) is 4.39 Å². The molecule has 0 atom stereocenters. The number of Topliss-reactive ketones (excluding diaryl/α,β-unsaturated/α-hetero) is 1. The zero-order chi connectivity index (χ0) is 14.8. The molecule has 0 aliphatic rings.